The van der Waals surface area contributed by atoms with E-state index in [0.29, 0.717) is 6.42 Å². The third-order valence-electron chi connectivity index (χ3n) is 2.38. The summed E-state index contributed by atoms with van der Waals surface area (Å²) in [5.74, 6) is -0.827. The van der Waals surface area contributed by atoms with E-state index < -0.39 is 12.0 Å². The van der Waals surface area contributed by atoms with Crippen LogP contribution in [0.3, 0.4) is 0 Å². The molecule has 0 amide bonds. The molecule has 84 valence electrons. The van der Waals surface area contributed by atoms with Crippen molar-refractivity contribution in [3.05, 3.63) is 23.7 Å². The molecule has 1 aromatic heterocycles. The quantitative estimate of drug-likeness (QED) is 0.856. The first-order valence-electron chi connectivity index (χ1n) is 5.03. The minimum absolute atomic E-state index is 0.537. The fourth-order valence-electron chi connectivity index (χ4n) is 1.48. The molecule has 2 N–H and O–H groups in total. The first-order valence-corrected chi connectivity index (χ1v) is 5.91. The fraction of sp³-hybridized carbons (Fsp3) is 0.273. The molecule has 1 aromatic carbocycles. The van der Waals surface area contributed by atoms with E-state index in [1.54, 1.807) is 16.8 Å². The summed E-state index contributed by atoms with van der Waals surface area (Å²) in [6, 6.07) is 5.14. The van der Waals surface area contributed by atoms with Crippen LogP contribution in [0.2, 0.25) is 0 Å². The van der Waals surface area contributed by atoms with Crippen LogP contribution in [0.4, 0.5) is 5.69 Å². The Morgan fingerprint density at radius 1 is 1.62 bits per heavy atom. The van der Waals surface area contributed by atoms with Crippen molar-refractivity contribution >= 4 is 33.2 Å². The van der Waals surface area contributed by atoms with Gasteiger partial charge in [-0.1, -0.05) is 6.92 Å². The van der Waals surface area contributed by atoms with Crippen molar-refractivity contribution in [2.45, 2.75) is 19.4 Å². The molecule has 0 radical (unpaired) electrons. The second-order valence-electron chi connectivity index (χ2n) is 3.48. The number of carboxylic acid groups (broad SMARTS) is 1. The van der Waals surface area contributed by atoms with E-state index in [9.17, 15) is 4.79 Å². The standard InChI is InChI=1S/C11H12N2O2S/c1-2-8(11(14)15)13-7-3-4-9-10(5-7)16-6-12-9/h3-6,8,13H,2H2,1H3,(H,14,15). The summed E-state index contributed by atoms with van der Waals surface area (Å²) in [5.41, 5.74) is 3.55. The molecule has 0 saturated carbocycles. The number of rotatable bonds is 4. The average molecular weight is 236 g/mol. The van der Waals surface area contributed by atoms with Crippen molar-refractivity contribution < 1.29 is 9.90 Å². The van der Waals surface area contributed by atoms with Gasteiger partial charge in [0, 0.05) is 5.69 Å². The Bertz CT molecular complexity index is 509. The summed E-state index contributed by atoms with van der Waals surface area (Å²) < 4.78 is 1.06. The zero-order valence-corrected chi connectivity index (χ0v) is 9.62. The lowest BCUT2D eigenvalue weighted by atomic mass is 10.2. The van der Waals surface area contributed by atoms with Crippen LogP contribution in [0.15, 0.2) is 23.7 Å². The second kappa shape index (κ2) is 4.49. The molecule has 4 nitrogen and oxygen atoms in total. The van der Waals surface area contributed by atoms with E-state index in [4.69, 9.17) is 5.11 Å². The molecule has 0 aliphatic carbocycles. The molecule has 2 rings (SSSR count). The number of aliphatic carboxylic acids is 1. The Labute approximate surface area is 96.9 Å². The molecule has 5 heteroatoms. The summed E-state index contributed by atoms with van der Waals surface area (Å²) in [6.45, 7) is 1.84. The SMILES string of the molecule is CCC(Nc1ccc2ncsc2c1)C(=O)O. The molecule has 1 heterocycles. The largest absolute Gasteiger partial charge is 0.480 e. The number of benzene rings is 1. The molecule has 0 aliphatic rings. The molecule has 0 saturated heterocycles. The fourth-order valence-corrected chi connectivity index (χ4v) is 2.20. The molecular formula is C11H12N2O2S. The lowest BCUT2D eigenvalue weighted by Crippen LogP contribution is -2.28. The Kier molecular flexibility index (Phi) is 3.05. The van der Waals surface area contributed by atoms with Crippen molar-refractivity contribution in [3.8, 4) is 0 Å². The molecule has 0 bridgehead atoms. The number of carboxylic acids is 1. The van der Waals surface area contributed by atoms with Gasteiger partial charge in [0.25, 0.3) is 0 Å². The molecule has 1 atom stereocenters. The van der Waals surface area contributed by atoms with Crippen LogP contribution in [-0.2, 0) is 4.79 Å². The average Bonchev–Trinajstić information content (AvgIpc) is 2.72. The number of hydrogen-bond donors (Lipinski definition) is 2. The minimum atomic E-state index is -0.827. The predicted molar refractivity (Wildman–Crippen MR) is 65.0 cm³/mol. The molecule has 0 aliphatic heterocycles. The number of fused-ring (bicyclic) bond motifs is 1. The number of aromatic nitrogens is 1. The van der Waals surface area contributed by atoms with Gasteiger partial charge in [0.15, 0.2) is 0 Å². The van der Waals surface area contributed by atoms with E-state index in [-0.39, 0.29) is 0 Å². The number of anilines is 1. The van der Waals surface area contributed by atoms with Gasteiger partial charge in [-0.25, -0.2) is 9.78 Å². The Hall–Kier alpha value is -1.62. The van der Waals surface area contributed by atoms with E-state index in [2.05, 4.69) is 10.3 Å². The Morgan fingerprint density at radius 2 is 2.44 bits per heavy atom. The zero-order chi connectivity index (χ0) is 11.5. The smallest absolute Gasteiger partial charge is 0.326 e. The summed E-state index contributed by atoms with van der Waals surface area (Å²) in [4.78, 5) is 15.0. The van der Waals surface area contributed by atoms with Gasteiger partial charge >= 0.3 is 5.97 Å². The summed E-state index contributed by atoms with van der Waals surface area (Å²) >= 11 is 1.55. The Morgan fingerprint density at radius 3 is 3.12 bits per heavy atom. The maximum atomic E-state index is 10.9. The molecule has 0 spiro atoms. The third kappa shape index (κ3) is 2.14. The number of hydrogen-bond acceptors (Lipinski definition) is 4. The number of thiazole rings is 1. The van der Waals surface area contributed by atoms with Gasteiger partial charge in [-0.15, -0.1) is 11.3 Å². The normalized spacial score (nSPS) is 12.6. The van der Waals surface area contributed by atoms with E-state index in [1.807, 2.05) is 25.1 Å². The first-order chi connectivity index (χ1) is 7.70. The monoisotopic (exact) mass is 236 g/mol. The van der Waals surface area contributed by atoms with Crippen molar-refractivity contribution in [2.75, 3.05) is 5.32 Å². The van der Waals surface area contributed by atoms with Crippen LogP contribution in [0, 0.1) is 0 Å². The maximum absolute atomic E-state index is 10.9. The van der Waals surface area contributed by atoms with Crippen LogP contribution in [0.25, 0.3) is 10.2 Å². The first kappa shape index (κ1) is 10.9. The van der Waals surface area contributed by atoms with E-state index >= 15 is 0 Å². The van der Waals surface area contributed by atoms with Crippen molar-refractivity contribution in [2.24, 2.45) is 0 Å². The second-order valence-corrected chi connectivity index (χ2v) is 4.36. The maximum Gasteiger partial charge on any atom is 0.326 e. The highest BCUT2D eigenvalue weighted by Crippen LogP contribution is 2.22. The summed E-state index contributed by atoms with van der Waals surface area (Å²) in [7, 11) is 0. The van der Waals surface area contributed by atoms with Gasteiger partial charge in [0.05, 0.1) is 15.7 Å². The lowest BCUT2D eigenvalue weighted by molar-refractivity contribution is -0.137. The van der Waals surface area contributed by atoms with Gasteiger partial charge in [-0.3, -0.25) is 0 Å². The van der Waals surface area contributed by atoms with Crippen LogP contribution in [-0.4, -0.2) is 22.1 Å². The summed E-state index contributed by atoms with van der Waals surface area (Å²) in [6.07, 6.45) is 0.552. The topological polar surface area (TPSA) is 62.2 Å². The molecule has 0 fully saturated rings. The van der Waals surface area contributed by atoms with Gasteiger partial charge in [0.2, 0.25) is 0 Å². The van der Waals surface area contributed by atoms with Crippen LogP contribution in [0.1, 0.15) is 13.3 Å². The van der Waals surface area contributed by atoms with Gasteiger partial charge in [-0.2, -0.15) is 0 Å². The number of nitrogens with zero attached hydrogens (tertiary/aromatic N) is 1. The van der Waals surface area contributed by atoms with Crippen LogP contribution >= 0.6 is 11.3 Å². The van der Waals surface area contributed by atoms with E-state index in [0.717, 1.165) is 15.9 Å². The van der Waals surface area contributed by atoms with Crippen molar-refractivity contribution in [1.29, 1.82) is 0 Å². The molecule has 1 unspecified atom stereocenters. The zero-order valence-electron chi connectivity index (χ0n) is 8.80. The van der Waals surface area contributed by atoms with E-state index in [1.165, 1.54) is 0 Å². The molecule has 16 heavy (non-hydrogen) atoms. The highest BCUT2D eigenvalue weighted by Gasteiger charge is 2.14. The third-order valence-corrected chi connectivity index (χ3v) is 3.17. The number of carbonyl (C=O) groups is 1. The molecular weight excluding hydrogens is 224 g/mol. The van der Waals surface area contributed by atoms with Crippen molar-refractivity contribution in [3.63, 3.8) is 0 Å². The highest BCUT2D eigenvalue weighted by atomic mass is 32.1. The van der Waals surface area contributed by atoms with Crippen LogP contribution in [0.5, 0.6) is 0 Å². The summed E-state index contributed by atoms with van der Waals surface area (Å²) in [5, 5.41) is 11.9. The highest BCUT2D eigenvalue weighted by molar-refractivity contribution is 7.16. The predicted octanol–water partition coefficient (Wildman–Crippen LogP) is 2.57. The van der Waals surface area contributed by atoms with Crippen molar-refractivity contribution in [1.82, 2.24) is 4.98 Å². The van der Waals surface area contributed by atoms with Gasteiger partial charge in [0.1, 0.15) is 6.04 Å². The lowest BCUT2D eigenvalue weighted by Gasteiger charge is -2.13. The van der Waals surface area contributed by atoms with Gasteiger partial charge < -0.3 is 10.4 Å². The minimum Gasteiger partial charge on any atom is -0.480 e. The molecule has 2 aromatic rings. The van der Waals surface area contributed by atoms with Crippen LogP contribution < -0.4 is 5.32 Å². The van der Waals surface area contributed by atoms with Gasteiger partial charge in [-0.05, 0) is 24.6 Å². The Balaban J connectivity index is 2.23. The number of nitrogens with one attached hydrogen (secondary N) is 1.